The highest BCUT2D eigenvalue weighted by molar-refractivity contribution is 7.19. The van der Waals surface area contributed by atoms with E-state index in [4.69, 9.17) is 9.47 Å². The predicted molar refractivity (Wildman–Crippen MR) is 109 cm³/mol. The minimum Gasteiger partial charge on any atom is -0.493 e. The summed E-state index contributed by atoms with van der Waals surface area (Å²) in [5.74, 6) is 1.29. The van der Waals surface area contributed by atoms with E-state index in [1.54, 1.807) is 14.2 Å². The fourth-order valence-corrected chi connectivity index (χ4v) is 3.77. The Hall–Kier alpha value is -2.86. The Labute approximate surface area is 163 Å². The molecule has 0 aliphatic carbocycles. The monoisotopic (exact) mass is 382 g/mol. The van der Waals surface area contributed by atoms with Crippen LogP contribution in [0.5, 0.6) is 11.5 Å². The number of aromatic nitrogens is 1. The van der Waals surface area contributed by atoms with E-state index in [1.165, 1.54) is 11.3 Å². The van der Waals surface area contributed by atoms with Gasteiger partial charge >= 0.3 is 0 Å². The Morgan fingerprint density at radius 3 is 2.52 bits per heavy atom. The minimum absolute atomic E-state index is 0.0573. The van der Waals surface area contributed by atoms with E-state index < -0.39 is 0 Å². The molecule has 0 aliphatic rings. The van der Waals surface area contributed by atoms with Gasteiger partial charge in [0.2, 0.25) is 5.91 Å². The van der Waals surface area contributed by atoms with Gasteiger partial charge in [-0.1, -0.05) is 47.7 Å². The zero-order valence-electron chi connectivity index (χ0n) is 15.6. The highest BCUT2D eigenvalue weighted by atomic mass is 32.1. The van der Waals surface area contributed by atoms with Crippen LogP contribution in [0.15, 0.2) is 48.5 Å². The smallest absolute Gasteiger partial charge is 0.226 e. The van der Waals surface area contributed by atoms with Gasteiger partial charge in [-0.2, -0.15) is 0 Å². The molecule has 27 heavy (non-hydrogen) atoms. The largest absolute Gasteiger partial charge is 0.493 e. The summed E-state index contributed by atoms with van der Waals surface area (Å²) in [6.45, 7) is 1.96. The van der Waals surface area contributed by atoms with E-state index in [0.717, 1.165) is 21.7 Å². The molecule has 2 aromatic carbocycles. The van der Waals surface area contributed by atoms with Crippen molar-refractivity contribution in [1.29, 1.82) is 0 Å². The summed E-state index contributed by atoms with van der Waals surface area (Å²) < 4.78 is 10.5. The van der Waals surface area contributed by atoms with E-state index in [1.807, 2.05) is 55.5 Å². The summed E-state index contributed by atoms with van der Waals surface area (Å²) in [6, 6.07) is 15.8. The molecule has 140 valence electrons. The van der Waals surface area contributed by atoms with Crippen LogP contribution in [0, 0.1) is 6.92 Å². The third kappa shape index (κ3) is 4.65. The van der Waals surface area contributed by atoms with Crippen molar-refractivity contribution in [2.75, 3.05) is 19.5 Å². The lowest BCUT2D eigenvalue weighted by atomic mass is 10.1. The summed E-state index contributed by atoms with van der Waals surface area (Å²) in [7, 11) is 3.20. The van der Waals surface area contributed by atoms with Crippen LogP contribution in [-0.4, -0.2) is 25.1 Å². The topological polar surface area (TPSA) is 60.5 Å². The fraction of sp³-hybridized carbons (Fsp3) is 0.238. The Morgan fingerprint density at radius 2 is 1.81 bits per heavy atom. The van der Waals surface area contributed by atoms with Crippen LogP contribution in [0.3, 0.4) is 0 Å². The molecule has 0 saturated heterocycles. The third-order valence-corrected chi connectivity index (χ3v) is 5.29. The van der Waals surface area contributed by atoms with Crippen molar-refractivity contribution in [3.8, 4) is 21.9 Å². The maximum absolute atomic E-state index is 12.3. The van der Waals surface area contributed by atoms with Crippen molar-refractivity contribution in [2.24, 2.45) is 0 Å². The van der Waals surface area contributed by atoms with E-state index in [-0.39, 0.29) is 5.91 Å². The van der Waals surface area contributed by atoms with Crippen LogP contribution < -0.4 is 14.8 Å². The number of amides is 1. The number of hydrogen-bond donors (Lipinski definition) is 1. The SMILES string of the molecule is COc1ccc(CCC(=O)Nc2nc(C)c(-c3ccccc3)s2)cc1OC. The maximum atomic E-state index is 12.3. The first-order chi connectivity index (χ1) is 13.1. The van der Waals surface area contributed by atoms with Crippen molar-refractivity contribution < 1.29 is 14.3 Å². The highest BCUT2D eigenvalue weighted by Crippen LogP contribution is 2.32. The zero-order chi connectivity index (χ0) is 19.2. The molecule has 3 rings (SSSR count). The number of carbonyl (C=O) groups is 1. The number of thiazole rings is 1. The second-order valence-electron chi connectivity index (χ2n) is 6.04. The Kier molecular flexibility index (Phi) is 6.08. The normalized spacial score (nSPS) is 10.5. The van der Waals surface area contributed by atoms with Gasteiger partial charge in [0.05, 0.1) is 24.8 Å². The number of benzene rings is 2. The van der Waals surface area contributed by atoms with Crippen molar-refractivity contribution in [3.63, 3.8) is 0 Å². The second kappa shape index (κ2) is 8.68. The number of carbonyl (C=O) groups excluding carboxylic acids is 1. The molecule has 0 aliphatic heterocycles. The number of hydrogen-bond acceptors (Lipinski definition) is 5. The zero-order valence-corrected chi connectivity index (χ0v) is 16.4. The molecule has 1 aromatic heterocycles. The highest BCUT2D eigenvalue weighted by Gasteiger charge is 2.12. The molecule has 5 nitrogen and oxygen atoms in total. The van der Waals surface area contributed by atoms with Gasteiger partial charge < -0.3 is 14.8 Å². The van der Waals surface area contributed by atoms with Crippen molar-refractivity contribution in [1.82, 2.24) is 4.98 Å². The fourth-order valence-electron chi connectivity index (χ4n) is 2.78. The van der Waals surface area contributed by atoms with Gasteiger partial charge in [-0.3, -0.25) is 4.79 Å². The van der Waals surface area contributed by atoms with Gasteiger partial charge in [-0.25, -0.2) is 4.98 Å². The first-order valence-corrected chi connectivity index (χ1v) is 9.46. The molecule has 0 fully saturated rings. The first-order valence-electron chi connectivity index (χ1n) is 8.64. The van der Waals surface area contributed by atoms with Gasteiger partial charge in [0.1, 0.15) is 0 Å². The number of methoxy groups -OCH3 is 2. The summed E-state index contributed by atoms with van der Waals surface area (Å²) >= 11 is 1.49. The van der Waals surface area contributed by atoms with E-state index >= 15 is 0 Å². The summed E-state index contributed by atoms with van der Waals surface area (Å²) in [5, 5.41) is 3.54. The number of ether oxygens (including phenoxy) is 2. The molecule has 0 atom stereocenters. The van der Waals surface area contributed by atoms with Crippen LogP contribution in [0.4, 0.5) is 5.13 Å². The first kappa shape index (κ1) is 18.9. The molecule has 1 amide bonds. The van der Waals surface area contributed by atoms with E-state index in [0.29, 0.717) is 29.5 Å². The summed E-state index contributed by atoms with van der Waals surface area (Å²) in [5.41, 5.74) is 3.04. The lowest BCUT2D eigenvalue weighted by molar-refractivity contribution is -0.116. The molecule has 0 bridgehead atoms. The van der Waals surface area contributed by atoms with Crippen LogP contribution in [0.1, 0.15) is 17.7 Å². The number of nitrogens with one attached hydrogen (secondary N) is 1. The average Bonchev–Trinajstić information content (AvgIpc) is 3.06. The standard InChI is InChI=1S/C21H22N2O3S/c1-14-20(16-7-5-4-6-8-16)27-21(22-14)23-19(24)12-10-15-9-11-17(25-2)18(13-15)26-3/h4-9,11,13H,10,12H2,1-3H3,(H,22,23,24). The van der Waals surface area contributed by atoms with E-state index in [2.05, 4.69) is 10.3 Å². The lowest BCUT2D eigenvalue weighted by Gasteiger charge is -2.09. The Balaban J connectivity index is 1.62. The molecule has 3 aromatic rings. The molecule has 1 N–H and O–H groups in total. The molecule has 0 spiro atoms. The van der Waals surface area contributed by atoms with Crippen molar-refractivity contribution in [2.45, 2.75) is 19.8 Å². The Morgan fingerprint density at radius 1 is 1.07 bits per heavy atom. The molecule has 1 heterocycles. The van der Waals surface area contributed by atoms with Crippen LogP contribution >= 0.6 is 11.3 Å². The maximum Gasteiger partial charge on any atom is 0.226 e. The minimum atomic E-state index is -0.0573. The average molecular weight is 382 g/mol. The van der Waals surface area contributed by atoms with Crippen LogP contribution in [0.25, 0.3) is 10.4 Å². The number of rotatable bonds is 7. The number of nitrogens with zero attached hydrogens (tertiary/aromatic N) is 1. The van der Waals surface area contributed by atoms with Gasteiger partial charge in [0.25, 0.3) is 0 Å². The molecular weight excluding hydrogens is 360 g/mol. The van der Waals surface area contributed by atoms with Gasteiger partial charge in [-0.15, -0.1) is 0 Å². The molecule has 6 heteroatoms. The molecular formula is C21H22N2O3S. The van der Waals surface area contributed by atoms with Gasteiger partial charge in [-0.05, 0) is 36.6 Å². The predicted octanol–water partition coefficient (Wildman–Crippen LogP) is 4.71. The van der Waals surface area contributed by atoms with Crippen LogP contribution in [0.2, 0.25) is 0 Å². The third-order valence-electron chi connectivity index (χ3n) is 4.17. The molecule has 0 unspecified atom stereocenters. The molecule has 0 radical (unpaired) electrons. The second-order valence-corrected chi connectivity index (χ2v) is 7.04. The lowest BCUT2D eigenvalue weighted by Crippen LogP contribution is -2.12. The quantitative estimate of drug-likeness (QED) is 0.643. The number of anilines is 1. The summed E-state index contributed by atoms with van der Waals surface area (Å²) in [6.07, 6.45) is 0.983. The Bertz CT molecular complexity index is 922. The van der Waals surface area contributed by atoms with Crippen molar-refractivity contribution in [3.05, 3.63) is 59.8 Å². The number of aryl methyl sites for hydroxylation is 2. The van der Waals surface area contributed by atoms with Gasteiger partial charge in [0.15, 0.2) is 16.6 Å². The van der Waals surface area contributed by atoms with E-state index in [9.17, 15) is 4.79 Å². The van der Waals surface area contributed by atoms with Crippen molar-refractivity contribution >= 4 is 22.4 Å². The van der Waals surface area contributed by atoms with Gasteiger partial charge in [0, 0.05) is 6.42 Å². The molecule has 0 saturated carbocycles. The summed E-state index contributed by atoms with van der Waals surface area (Å²) in [4.78, 5) is 17.9. The van der Waals surface area contributed by atoms with Crippen LogP contribution in [-0.2, 0) is 11.2 Å².